The number of amides is 1. The number of rotatable bonds is 7. The number of aliphatic imine (C=N–C) groups is 1. The van der Waals surface area contributed by atoms with Crippen LogP contribution < -0.4 is 16.0 Å². The molecule has 0 saturated carbocycles. The lowest BCUT2D eigenvalue weighted by Gasteiger charge is -2.32. The van der Waals surface area contributed by atoms with Crippen LogP contribution in [0.15, 0.2) is 35.3 Å². The second-order valence-corrected chi connectivity index (χ2v) is 5.99. The van der Waals surface area contributed by atoms with Crippen LogP contribution in [-0.4, -0.2) is 68.7 Å². The Bertz CT molecular complexity index is 550. The third-order valence-electron chi connectivity index (χ3n) is 4.02. The summed E-state index contributed by atoms with van der Waals surface area (Å²) in [5, 5.41) is 9.32. The van der Waals surface area contributed by atoms with E-state index in [4.69, 9.17) is 4.74 Å². The van der Waals surface area contributed by atoms with Crippen LogP contribution in [-0.2, 0) is 9.53 Å². The van der Waals surface area contributed by atoms with Crippen molar-refractivity contribution >= 4 is 41.5 Å². The predicted molar refractivity (Wildman–Crippen MR) is 116 cm³/mol. The molecule has 1 aromatic rings. The number of hydrogen-bond acceptors (Lipinski definition) is 4. The van der Waals surface area contributed by atoms with Crippen molar-refractivity contribution < 1.29 is 9.53 Å². The molecule has 1 amide bonds. The van der Waals surface area contributed by atoms with E-state index >= 15 is 0 Å². The molecular weight excluding hydrogens is 445 g/mol. The average molecular weight is 475 g/mol. The maximum absolute atomic E-state index is 12.0. The first kappa shape index (κ1) is 22.7. The Morgan fingerprint density at radius 1 is 1.23 bits per heavy atom. The van der Waals surface area contributed by atoms with Crippen molar-refractivity contribution in [3.05, 3.63) is 30.3 Å². The van der Waals surface area contributed by atoms with E-state index in [9.17, 15) is 4.79 Å². The van der Waals surface area contributed by atoms with Crippen molar-refractivity contribution in [2.24, 2.45) is 4.99 Å². The van der Waals surface area contributed by atoms with Crippen LogP contribution in [0.25, 0.3) is 0 Å². The minimum atomic E-state index is -0.135. The van der Waals surface area contributed by atoms with Crippen molar-refractivity contribution in [1.29, 1.82) is 0 Å². The first-order valence-corrected chi connectivity index (χ1v) is 8.88. The number of halogens is 1. The van der Waals surface area contributed by atoms with Gasteiger partial charge < -0.3 is 20.7 Å². The Hall–Kier alpha value is -1.39. The third-order valence-corrected chi connectivity index (χ3v) is 4.02. The number of carbonyl (C=O) groups excluding carboxylic acids is 1. The van der Waals surface area contributed by atoms with Crippen LogP contribution >= 0.6 is 24.0 Å². The van der Waals surface area contributed by atoms with Crippen LogP contribution in [0.2, 0.25) is 0 Å². The molecule has 1 fully saturated rings. The highest BCUT2D eigenvalue weighted by Gasteiger charge is 2.17. The number of carbonyl (C=O) groups is 1. The highest BCUT2D eigenvalue weighted by atomic mass is 127. The van der Waals surface area contributed by atoms with Gasteiger partial charge in [-0.15, -0.1) is 24.0 Å². The molecule has 26 heavy (non-hydrogen) atoms. The van der Waals surface area contributed by atoms with E-state index < -0.39 is 0 Å². The minimum Gasteiger partial charge on any atom is -0.379 e. The number of para-hydroxylation sites is 1. The monoisotopic (exact) mass is 475 g/mol. The molecule has 1 heterocycles. The van der Waals surface area contributed by atoms with Gasteiger partial charge in [0.15, 0.2) is 5.96 Å². The Balaban J connectivity index is 0.00000338. The maximum atomic E-state index is 12.0. The van der Waals surface area contributed by atoms with Gasteiger partial charge in [0.05, 0.1) is 13.2 Å². The number of guanidine groups is 1. The zero-order valence-electron chi connectivity index (χ0n) is 15.5. The van der Waals surface area contributed by atoms with E-state index in [0.717, 1.165) is 45.1 Å². The molecule has 146 valence electrons. The van der Waals surface area contributed by atoms with Crippen molar-refractivity contribution in [2.45, 2.75) is 19.9 Å². The summed E-state index contributed by atoms with van der Waals surface area (Å²) in [6.45, 7) is 9.28. The van der Waals surface area contributed by atoms with Crippen molar-refractivity contribution in [3.63, 3.8) is 0 Å². The Kier molecular flexibility index (Phi) is 11.2. The zero-order chi connectivity index (χ0) is 17.9. The fourth-order valence-electron chi connectivity index (χ4n) is 2.61. The van der Waals surface area contributed by atoms with Crippen molar-refractivity contribution in [2.75, 3.05) is 51.3 Å². The summed E-state index contributed by atoms with van der Waals surface area (Å²) >= 11 is 0. The van der Waals surface area contributed by atoms with E-state index in [1.807, 2.05) is 37.3 Å². The average Bonchev–Trinajstić information content (AvgIpc) is 2.65. The number of nitrogens with zero attached hydrogens (tertiary/aromatic N) is 2. The van der Waals surface area contributed by atoms with Gasteiger partial charge in [0.25, 0.3) is 0 Å². The fourth-order valence-corrected chi connectivity index (χ4v) is 2.61. The molecule has 0 bridgehead atoms. The summed E-state index contributed by atoms with van der Waals surface area (Å²) in [7, 11) is 0. The number of ether oxygens (including phenoxy) is 1. The first-order chi connectivity index (χ1) is 12.2. The summed E-state index contributed by atoms with van der Waals surface area (Å²) < 4.78 is 5.39. The third kappa shape index (κ3) is 8.33. The minimum absolute atomic E-state index is 0. The first-order valence-electron chi connectivity index (χ1n) is 8.88. The van der Waals surface area contributed by atoms with E-state index in [1.54, 1.807) is 0 Å². The van der Waals surface area contributed by atoms with Crippen LogP contribution in [0, 0.1) is 0 Å². The molecule has 0 spiro atoms. The molecule has 1 unspecified atom stereocenters. The second kappa shape index (κ2) is 12.9. The molecule has 8 heteroatoms. The molecule has 0 aromatic heterocycles. The van der Waals surface area contributed by atoms with Crippen LogP contribution in [0.3, 0.4) is 0 Å². The van der Waals surface area contributed by atoms with Gasteiger partial charge in [-0.05, 0) is 26.0 Å². The molecule has 2 rings (SSSR count). The molecule has 0 aliphatic carbocycles. The Morgan fingerprint density at radius 2 is 1.92 bits per heavy atom. The number of benzene rings is 1. The second-order valence-electron chi connectivity index (χ2n) is 5.99. The van der Waals surface area contributed by atoms with Crippen LogP contribution in [0.1, 0.15) is 13.8 Å². The Morgan fingerprint density at radius 3 is 2.58 bits per heavy atom. The molecular formula is C18H30IN5O2. The fraction of sp³-hybridized carbons (Fsp3) is 0.556. The normalized spacial score (nSPS) is 16.3. The number of morpholine rings is 1. The van der Waals surface area contributed by atoms with Gasteiger partial charge in [0, 0.05) is 37.9 Å². The SMILES string of the molecule is CCNC(=NCC(=O)Nc1ccccc1)NCC(C)N1CCOCC1.I. The smallest absolute Gasteiger partial charge is 0.246 e. The highest BCUT2D eigenvalue weighted by molar-refractivity contribution is 14.0. The lowest BCUT2D eigenvalue weighted by Crippen LogP contribution is -2.49. The van der Waals surface area contributed by atoms with Crippen LogP contribution in [0.4, 0.5) is 5.69 Å². The van der Waals surface area contributed by atoms with E-state index in [0.29, 0.717) is 12.0 Å². The van der Waals surface area contributed by atoms with Gasteiger partial charge in [-0.2, -0.15) is 0 Å². The van der Waals surface area contributed by atoms with Gasteiger partial charge in [0.2, 0.25) is 5.91 Å². The number of hydrogen-bond donors (Lipinski definition) is 3. The van der Waals surface area contributed by atoms with Gasteiger partial charge >= 0.3 is 0 Å². The molecule has 1 aliphatic rings. The summed E-state index contributed by atoms with van der Waals surface area (Å²) in [5.41, 5.74) is 0.779. The van der Waals surface area contributed by atoms with E-state index in [1.165, 1.54) is 0 Å². The zero-order valence-corrected chi connectivity index (χ0v) is 17.9. The molecule has 1 aliphatic heterocycles. The molecule has 1 saturated heterocycles. The lowest BCUT2D eigenvalue weighted by atomic mass is 10.2. The highest BCUT2D eigenvalue weighted by Crippen LogP contribution is 2.04. The summed E-state index contributed by atoms with van der Waals surface area (Å²) in [4.78, 5) is 18.8. The van der Waals surface area contributed by atoms with Gasteiger partial charge in [-0.25, -0.2) is 4.99 Å². The largest absolute Gasteiger partial charge is 0.379 e. The van der Waals surface area contributed by atoms with Crippen LogP contribution in [0.5, 0.6) is 0 Å². The quantitative estimate of drug-likeness (QED) is 0.317. The van der Waals surface area contributed by atoms with E-state index in [2.05, 4.69) is 32.8 Å². The Labute approximate surface area is 173 Å². The van der Waals surface area contributed by atoms with Gasteiger partial charge in [-0.1, -0.05) is 18.2 Å². The molecule has 1 aromatic carbocycles. The van der Waals surface area contributed by atoms with E-state index in [-0.39, 0.29) is 36.4 Å². The summed E-state index contributed by atoms with van der Waals surface area (Å²) in [6, 6.07) is 9.78. The number of nitrogens with one attached hydrogen (secondary N) is 3. The number of anilines is 1. The standard InChI is InChI=1S/C18H29N5O2.HI/c1-3-19-18(20-13-15(2)23-9-11-25-12-10-23)21-14-17(24)22-16-7-5-4-6-8-16;/h4-8,15H,3,9-14H2,1-2H3,(H,22,24)(H2,19,20,21);1H. The van der Waals surface area contributed by atoms with Gasteiger partial charge in [-0.3, -0.25) is 9.69 Å². The topological polar surface area (TPSA) is 78.0 Å². The summed E-state index contributed by atoms with van der Waals surface area (Å²) in [6.07, 6.45) is 0. The lowest BCUT2D eigenvalue weighted by molar-refractivity contribution is -0.114. The molecule has 3 N–H and O–H groups in total. The summed E-state index contributed by atoms with van der Waals surface area (Å²) in [5.74, 6) is 0.524. The van der Waals surface area contributed by atoms with Crippen molar-refractivity contribution in [1.82, 2.24) is 15.5 Å². The maximum Gasteiger partial charge on any atom is 0.246 e. The van der Waals surface area contributed by atoms with Gasteiger partial charge in [0.1, 0.15) is 6.54 Å². The predicted octanol–water partition coefficient (Wildman–Crippen LogP) is 1.52. The molecule has 1 atom stereocenters. The molecule has 0 radical (unpaired) electrons. The van der Waals surface area contributed by atoms with Crippen molar-refractivity contribution in [3.8, 4) is 0 Å². The molecule has 7 nitrogen and oxygen atoms in total.